The monoisotopic (exact) mass is 445 g/mol. The van der Waals surface area contributed by atoms with Crippen molar-refractivity contribution in [2.45, 2.75) is 32.5 Å². The molecule has 0 radical (unpaired) electrons. The molecule has 2 aliphatic heterocycles. The second-order valence-corrected chi connectivity index (χ2v) is 8.76. The zero-order chi connectivity index (χ0) is 21.0. The molecule has 10 heteroatoms. The number of nitrogens with one attached hydrogen (secondary N) is 1. The van der Waals surface area contributed by atoms with Crippen LogP contribution in [0, 0.1) is 11.6 Å². The first kappa shape index (κ1) is 21.9. The highest BCUT2D eigenvalue weighted by atomic mass is 32.2. The minimum Gasteiger partial charge on any atom is -0.468 e. The predicted molar refractivity (Wildman–Crippen MR) is 115 cm³/mol. The number of carbonyl (C=O) groups is 1. The Hall–Kier alpha value is -1.81. The van der Waals surface area contributed by atoms with Gasteiger partial charge in [0, 0.05) is 31.0 Å². The van der Waals surface area contributed by atoms with Gasteiger partial charge < -0.3 is 19.7 Å². The van der Waals surface area contributed by atoms with Crippen LogP contribution in [-0.2, 0) is 9.47 Å². The Morgan fingerprint density at radius 2 is 2.07 bits per heavy atom. The Morgan fingerprint density at radius 1 is 1.34 bits per heavy atom. The van der Waals surface area contributed by atoms with Crippen LogP contribution in [0.5, 0.6) is 0 Å². The number of anilines is 2. The first-order valence-corrected chi connectivity index (χ1v) is 11.2. The Kier molecular flexibility index (Phi) is 7.39. The largest absolute Gasteiger partial charge is 0.468 e. The maximum Gasteiger partial charge on any atom is 0.414 e. The summed E-state index contributed by atoms with van der Waals surface area (Å²) in [7, 11) is 0. The van der Waals surface area contributed by atoms with Gasteiger partial charge in [0.05, 0.1) is 24.9 Å². The van der Waals surface area contributed by atoms with E-state index in [-0.39, 0.29) is 35.7 Å². The molecular formula is C19H25F2N3O3S2. The minimum absolute atomic E-state index is 0.0294. The molecule has 1 aromatic rings. The quantitative estimate of drug-likeness (QED) is 0.696. The van der Waals surface area contributed by atoms with Crippen molar-refractivity contribution >= 4 is 46.6 Å². The van der Waals surface area contributed by atoms with Crippen molar-refractivity contribution in [1.82, 2.24) is 5.32 Å². The third kappa shape index (κ3) is 5.63. The van der Waals surface area contributed by atoms with Crippen molar-refractivity contribution in [1.29, 1.82) is 0 Å². The van der Waals surface area contributed by atoms with Crippen LogP contribution in [0.2, 0.25) is 0 Å². The fourth-order valence-electron chi connectivity index (χ4n) is 3.27. The predicted octanol–water partition coefficient (Wildman–Crippen LogP) is 3.53. The molecule has 0 spiro atoms. The lowest BCUT2D eigenvalue weighted by Crippen LogP contribution is -2.35. The van der Waals surface area contributed by atoms with E-state index >= 15 is 0 Å². The standard InChI is InChI=1S/C19H25F2N3O3S2/c1-12(2)26-18(28)22-10-14-11-24(19(25)27-14)13-8-15(20)17(16(21)9-13)23-4-3-6-29-7-5-23/h8-9,12,14H,3-7,10-11H2,1-2H3,(H,22,28)/t14-/m0/s1. The van der Waals surface area contributed by atoms with Gasteiger partial charge in [-0.2, -0.15) is 11.8 Å². The minimum atomic E-state index is -0.673. The molecule has 29 heavy (non-hydrogen) atoms. The van der Waals surface area contributed by atoms with Crippen LogP contribution in [-0.4, -0.2) is 61.2 Å². The van der Waals surface area contributed by atoms with Gasteiger partial charge in [-0.15, -0.1) is 0 Å². The maximum absolute atomic E-state index is 14.8. The van der Waals surface area contributed by atoms with E-state index in [4.69, 9.17) is 21.7 Å². The summed E-state index contributed by atoms with van der Waals surface area (Å²) < 4.78 is 40.1. The number of nitrogens with zero attached hydrogens (tertiary/aromatic N) is 2. The van der Waals surface area contributed by atoms with Gasteiger partial charge in [-0.3, -0.25) is 4.90 Å². The van der Waals surface area contributed by atoms with Gasteiger partial charge in [0.2, 0.25) is 0 Å². The molecule has 0 unspecified atom stereocenters. The first-order chi connectivity index (χ1) is 13.8. The molecule has 2 fully saturated rings. The van der Waals surface area contributed by atoms with Gasteiger partial charge in [0.1, 0.15) is 11.8 Å². The van der Waals surface area contributed by atoms with Crippen LogP contribution >= 0.6 is 24.0 Å². The van der Waals surface area contributed by atoms with Crippen LogP contribution in [0.4, 0.5) is 25.0 Å². The number of thioether (sulfide) groups is 1. The molecule has 2 heterocycles. The van der Waals surface area contributed by atoms with E-state index in [9.17, 15) is 13.6 Å². The summed E-state index contributed by atoms with van der Waals surface area (Å²) in [5.41, 5.74) is 0.111. The molecular weight excluding hydrogens is 420 g/mol. The second kappa shape index (κ2) is 9.80. The van der Waals surface area contributed by atoms with Crippen molar-refractivity contribution in [2.75, 3.05) is 47.5 Å². The molecule has 160 valence electrons. The van der Waals surface area contributed by atoms with Crippen molar-refractivity contribution in [3.05, 3.63) is 23.8 Å². The lowest BCUT2D eigenvalue weighted by molar-refractivity contribution is 0.140. The van der Waals surface area contributed by atoms with Crippen molar-refractivity contribution in [3.63, 3.8) is 0 Å². The SMILES string of the molecule is CC(C)OC(=S)NC[C@H]1CN(c2cc(F)c(N3CCCSCC3)c(F)c2)C(=O)O1. The van der Waals surface area contributed by atoms with Crippen LogP contribution in [0.25, 0.3) is 0 Å². The van der Waals surface area contributed by atoms with Crippen molar-refractivity contribution in [3.8, 4) is 0 Å². The normalized spacial score (nSPS) is 19.9. The molecule has 1 atom stereocenters. The van der Waals surface area contributed by atoms with Crippen LogP contribution in [0.1, 0.15) is 20.3 Å². The first-order valence-electron chi connectivity index (χ1n) is 9.59. The van der Waals surface area contributed by atoms with E-state index < -0.39 is 23.8 Å². The number of cyclic esters (lactones) is 1. The fraction of sp³-hybridized carbons (Fsp3) is 0.579. The summed E-state index contributed by atoms with van der Waals surface area (Å²) in [6.45, 7) is 5.32. The fourth-order valence-corrected chi connectivity index (χ4v) is 4.43. The summed E-state index contributed by atoms with van der Waals surface area (Å²) in [5, 5.41) is 3.09. The van der Waals surface area contributed by atoms with Crippen LogP contribution < -0.4 is 15.1 Å². The Balaban J connectivity index is 1.67. The number of rotatable bonds is 5. The zero-order valence-electron chi connectivity index (χ0n) is 16.5. The summed E-state index contributed by atoms with van der Waals surface area (Å²) in [4.78, 5) is 15.2. The molecule has 0 bridgehead atoms. The van der Waals surface area contributed by atoms with E-state index in [1.165, 1.54) is 17.0 Å². The third-order valence-corrected chi connectivity index (χ3v) is 5.83. The number of hydrogen-bond donors (Lipinski definition) is 1. The zero-order valence-corrected chi connectivity index (χ0v) is 18.1. The number of carbonyl (C=O) groups excluding carboxylic acids is 1. The van der Waals surface area contributed by atoms with E-state index in [0.717, 1.165) is 17.9 Å². The highest BCUT2D eigenvalue weighted by Crippen LogP contribution is 2.32. The summed E-state index contributed by atoms with van der Waals surface area (Å²) in [6, 6.07) is 2.39. The summed E-state index contributed by atoms with van der Waals surface area (Å²) in [6.07, 6.45) is -0.347. The summed E-state index contributed by atoms with van der Waals surface area (Å²) in [5.74, 6) is 0.467. The number of benzene rings is 1. The molecule has 1 aromatic carbocycles. The Bertz CT molecular complexity index is 735. The number of thiocarbonyl (C=S) groups is 1. The number of amides is 1. The van der Waals surface area contributed by atoms with Gasteiger partial charge >= 0.3 is 6.09 Å². The van der Waals surface area contributed by atoms with E-state index in [1.807, 2.05) is 13.8 Å². The molecule has 2 saturated heterocycles. The molecule has 0 aromatic heterocycles. The molecule has 1 amide bonds. The van der Waals surface area contributed by atoms with E-state index in [1.54, 1.807) is 16.7 Å². The average molecular weight is 446 g/mol. The lowest BCUT2D eigenvalue weighted by atomic mass is 10.2. The van der Waals surface area contributed by atoms with Gasteiger partial charge in [-0.05, 0) is 38.2 Å². The highest BCUT2D eigenvalue weighted by molar-refractivity contribution is 7.99. The second-order valence-electron chi connectivity index (χ2n) is 7.16. The topological polar surface area (TPSA) is 54.0 Å². The van der Waals surface area contributed by atoms with E-state index in [0.29, 0.717) is 13.1 Å². The van der Waals surface area contributed by atoms with Crippen molar-refractivity contribution < 1.29 is 23.0 Å². The van der Waals surface area contributed by atoms with Crippen molar-refractivity contribution in [2.24, 2.45) is 0 Å². The van der Waals surface area contributed by atoms with Gasteiger partial charge in [0.15, 0.2) is 11.6 Å². The smallest absolute Gasteiger partial charge is 0.414 e. The van der Waals surface area contributed by atoms with Crippen LogP contribution in [0.3, 0.4) is 0 Å². The van der Waals surface area contributed by atoms with E-state index in [2.05, 4.69) is 5.32 Å². The summed E-state index contributed by atoms with van der Waals surface area (Å²) >= 11 is 6.82. The molecule has 6 nitrogen and oxygen atoms in total. The number of hydrogen-bond acceptors (Lipinski definition) is 6. The highest BCUT2D eigenvalue weighted by Gasteiger charge is 2.34. The number of halogens is 2. The lowest BCUT2D eigenvalue weighted by Gasteiger charge is -2.24. The Morgan fingerprint density at radius 3 is 2.76 bits per heavy atom. The Labute approximate surface area is 178 Å². The van der Waals surface area contributed by atoms with Gasteiger partial charge in [-0.25, -0.2) is 13.6 Å². The van der Waals surface area contributed by atoms with Gasteiger partial charge in [0.25, 0.3) is 5.17 Å². The molecule has 3 rings (SSSR count). The molecule has 0 saturated carbocycles. The number of ether oxygens (including phenoxy) is 2. The molecule has 1 N–H and O–H groups in total. The van der Waals surface area contributed by atoms with Crippen LogP contribution in [0.15, 0.2) is 12.1 Å². The van der Waals surface area contributed by atoms with Gasteiger partial charge in [-0.1, -0.05) is 0 Å². The molecule has 2 aliphatic rings. The average Bonchev–Trinajstić information content (AvgIpc) is 2.83. The maximum atomic E-state index is 14.8. The molecule has 0 aliphatic carbocycles. The third-order valence-electron chi connectivity index (χ3n) is 4.54.